The third kappa shape index (κ3) is 2.94. The molecule has 0 bridgehead atoms. The van der Waals surface area contributed by atoms with Gasteiger partial charge in [0.15, 0.2) is 0 Å². The minimum absolute atomic E-state index is 0.0962. The predicted molar refractivity (Wildman–Crippen MR) is 90.8 cm³/mol. The van der Waals surface area contributed by atoms with E-state index in [1.807, 2.05) is 4.90 Å². The van der Waals surface area contributed by atoms with Crippen LogP contribution in [-0.2, 0) is 16.6 Å². The Morgan fingerprint density at radius 2 is 2.20 bits per heavy atom. The van der Waals surface area contributed by atoms with Crippen molar-refractivity contribution in [2.24, 2.45) is 24.8 Å². The number of nitrogens with one attached hydrogen (secondary N) is 1. The molecule has 7 heteroatoms. The Bertz CT molecular complexity index is 680. The van der Waals surface area contributed by atoms with Gasteiger partial charge in [-0.25, -0.2) is 0 Å². The molecule has 2 saturated heterocycles. The number of aryl methyl sites for hydroxylation is 1. The van der Waals surface area contributed by atoms with E-state index in [2.05, 4.69) is 17.3 Å². The van der Waals surface area contributed by atoms with Crippen LogP contribution in [0, 0.1) is 17.8 Å². The van der Waals surface area contributed by atoms with Crippen LogP contribution in [0.2, 0.25) is 0 Å². The van der Waals surface area contributed by atoms with E-state index in [1.165, 1.54) is 0 Å². The zero-order chi connectivity index (χ0) is 17.6. The van der Waals surface area contributed by atoms with Crippen LogP contribution in [0.25, 0.3) is 0 Å². The number of nitrogens with zero attached hydrogens (tertiary/aromatic N) is 3. The van der Waals surface area contributed by atoms with Crippen molar-refractivity contribution < 1.29 is 14.3 Å². The average molecular weight is 346 g/mol. The number of likely N-dealkylation sites (tertiary alicyclic amines) is 1. The van der Waals surface area contributed by atoms with Crippen molar-refractivity contribution in [3.8, 4) is 0 Å². The molecule has 2 amide bonds. The van der Waals surface area contributed by atoms with E-state index in [4.69, 9.17) is 4.74 Å². The molecule has 136 valence electrons. The lowest BCUT2D eigenvalue weighted by Crippen LogP contribution is -2.66. The Labute approximate surface area is 147 Å². The second kappa shape index (κ2) is 6.12. The molecule has 7 nitrogen and oxygen atoms in total. The summed E-state index contributed by atoms with van der Waals surface area (Å²) < 4.78 is 7.60. The van der Waals surface area contributed by atoms with Crippen LogP contribution >= 0.6 is 0 Å². The first kappa shape index (κ1) is 16.6. The van der Waals surface area contributed by atoms with Crippen LogP contribution in [0.4, 0.5) is 0 Å². The Kier molecular flexibility index (Phi) is 4.06. The summed E-state index contributed by atoms with van der Waals surface area (Å²) in [6.45, 7) is 4.94. The SMILES string of the molecule is CC1CC1C(=O)N1CC2(C1)OCCC2CCNC(=O)c1ccnn1C. The van der Waals surface area contributed by atoms with Crippen molar-refractivity contribution in [2.45, 2.75) is 31.8 Å². The normalized spacial score (nSPS) is 29.5. The number of amides is 2. The molecule has 25 heavy (non-hydrogen) atoms. The summed E-state index contributed by atoms with van der Waals surface area (Å²) in [6, 6.07) is 1.71. The minimum Gasteiger partial charge on any atom is -0.371 e. The molecule has 1 saturated carbocycles. The van der Waals surface area contributed by atoms with Gasteiger partial charge >= 0.3 is 0 Å². The lowest BCUT2D eigenvalue weighted by Gasteiger charge is -2.50. The third-order valence-electron chi connectivity index (χ3n) is 6.09. The van der Waals surface area contributed by atoms with Crippen molar-refractivity contribution >= 4 is 11.8 Å². The first-order valence-electron chi connectivity index (χ1n) is 9.19. The molecule has 1 spiro atoms. The van der Waals surface area contributed by atoms with Crippen molar-refractivity contribution in [1.82, 2.24) is 20.0 Å². The van der Waals surface area contributed by atoms with E-state index in [-0.39, 0.29) is 17.4 Å². The number of ether oxygens (including phenoxy) is 1. The number of carbonyl (C=O) groups is 2. The minimum atomic E-state index is -0.176. The molecule has 1 aliphatic carbocycles. The van der Waals surface area contributed by atoms with Crippen LogP contribution in [0.1, 0.15) is 36.7 Å². The van der Waals surface area contributed by atoms with E-state index in [9.17, 15) is 9.59 Å². The molecule has 4 rings (SSSR count). The quantitative estimate of drug-likeness (QED) is 0.856. The van der Waals surface area contributed by atoms with Gasteiger partial charge in [-0.05, 0) is 37.2 Å². The second-order valence-corrected chi connectivity index (χ2v) is 7.80. The van der Waals surface area contributed by atoms with Crippen LogP contribution in [0.15, 0.2) is 12.3 Å². The summed E-state index contributed by atoms with van der Waals surface area (Å²) in [5.74, 6) is 1.40. The van der Waals surface area contributed by atoms with E-state index >= 15 is 0 Å². The highest BCUT2D eigenvalue weighted by atomic mass is 16.5. The van der Waals surface area contributed by atoms with Gasteiger partial charge in [-0.3, -0.25) is 14.3 Å². The van der Waals surface area contributed by atoms with Crippen molar-refractivity contribution in [3.63, 3.8) is 0 Å². The lowest BCUT2D eigenvalue weighted by atomic mass is 9.78. The summed E-state index contributed by atoms with van der Waals surface area (Å²) in [6.07, 6.45) is 4.54. The maximum Gasteiger partial charge on any atom is 0.269 e. The molecule has 1 N–H and O–H groups in total. The molecule has 3 fully saturated rings. The Balaban J connectivity index is 1.26. The molecule has 0 radical (unpaired) electrons. The average Bonchev–Trinajstić information content (AvgIpc) is 2.95. The Morgan fingerprint density at radius 3 is 2.84 bits per heavy atom. The maximum absolute atomic E-state index is 12.3. The smallest absolute Gasteiger partial charge is 0.269 e. The molecular formula is C18H26N4O3. The molecule has 3 atom stereocenters. The first-order valence-corrected chi connectivity index (χ1v) is 9.19. The first-order chi connectivity index (χ1) is 12.0. The van der Waals surface area contributed by atoms with Gasteiger partial charge in [-0.2, -0.15) is 5.10 Å². The van der Waals surface area contributed by atoms with E-state index in [0.29, 0.717) is 30.0 Å². The topological polar surface area (TPSA) is 76.5 Å². The molecule has 3 unspecified atom stereocenters. The van der Waals surface area contributed by atoms with Gasteiger partial charge in [-0.1, -0.05) is 6.92 Å². The highest BCUT2D eigenvalue weighted by molar-refractivity contribution is 5.92. The summed E-state index contributed by atoms with van der Waals surface area (Å²) in [4.78, 5) is 26.4. The van der Waals surface area contributed by atoms with Gasteiger partial charge in [0.05, 0.1) is 13.1 Å². The van der Waals surface area contributed by atoms with Gasteiger partial charge in [0.2, 0.25) is 5.91 Å². The monoisotopic (exact) mass is 346 g/mol. The molecular weight excluding hydrogens is 320 g/mol. The second-order valence-electron chi connectivity index (χ2n) is 7.80. The largest absolute Gasteiger partial charge is 0.371 e. The Hall–Kier alpha value is -1.89. The van der Waals surface area contributed by atoms with Crippen LogP contribution in [-0.4, -0.2) is 58.3 Å². The highest BCUT2D eigenvalue weighted by Crippen LogP contribution is 2.45. The lowest BCUT2D eigenvalue weighted by molar-refractivity contribution is -0.166. The van der Waals surface area contributed by atoms with E-state index in [1.54, 1.807) is 24.0 Å². The Morgan fingerprint density at radius 1 is 1.44 bits per heavy atom. The van der Waals surface area contributed by atoms with Gasteiger partial charge in [0.25, 0.3) is 5.91 Å². The summed E-state index contributed by atoms with van der Waals surface area (Å²) in [7, 11) is 1.76. The fraction of sp³-hybridized carbons (Fsp3) is 0.722. The molecule has 0 aromatic carbocycles. The van der Waals surface area contributed by atoms with Crippen LogP contribution < -0.4 is 5.32 Å². The number of hydrogen-bond acceptors (Lipinski definition) is 4. The van der Waals surface area contributed by atoms with Crippen LogP contribution in [0.5, 0.6) is 0 Å². The molecule has 1 aromatic rings. The van der Waals surface area contributed by atoms with Gasteiger partial charge in [0, 0.05) is 32.3 Å². The fourth-order valence-corrected chi connectivity index (χ4v) is 4.25. The number of rotatable bonds is 5. The number of hydrogen-bond donors (Lipinski definition) is 1. The van der Waals surface area contributed by atoms with E-state index in [0.717, 1.165) is 39.0 Å². The predicted octanol–water partition coefficient (Wildman–Crippen LogP) is 0.813. The molecule has 2 aliphatic heterocycles. The van der Waals surface area contributed by atoms with Gasteiger partial charge in [-0.15, -0.1) is 0 Å². The molecule has 3 aliphatic rings. The fourth-order valence-electron chi connectivity index (χ4n) is 4.25. The molecule has 1 aromatic heterocycles. The van der Waals surface area contributed by atoms with E-state index < -0.39 is 0 Å². The third-order valence-corrected chi connectivity index (χ3v) is 6.09. The highest BCUT2D eigenvalue weighted by Gasteiger charge is 2.56. The van der Waals surface area contributed by atoms with Crippen LogP contribution in [0.3, 0.4) is 0 Å². The van der Waals surface area contributed by atoms with Crippen molar-refractivity contribution in [3.05, 3.63) is 18.0 Å². The van der Waals surface area contributed by atoms with Crippen molar-refractivity contribution in [1.29, 1.82) is 0 Å². The zero-order valence-electron chi connectivity index (χ0n) is 14.9. The van der Waals surface area contributed by atoms with Gasteiger partial charge < -0.3 is 15.0 Å². The summed E-state index contributed by atoms with van der Waals surface area (Å²) >= 11 is 0. The van der Waals surface area contributed by atoms with Gasteiger partial charge in [0.1, 0.15) is 11.3 Å². The standard InChI is InChI=1S/C18H26N4O3/c1-12-9-14(12)17(24)22-10-18(11-22)13(5-8-25-18)3-6-19-16(23)15-4-7-20-21(15)2/h4,7,12-14H,3,5-6,8-11H2,1-2H3,(H,19,23). The summed E-state index contributed by atoms with van der Waals surface area (Å²) in [5.41, 5.74) is 0.391. The number of aromatic nitrogens is 2. The summed E-state index contributed by atoms with van der Waals surface area (Å²) in [5, 5.41) is 6.99. The number of carbonyl (C=O) groups excluding carboxylic acids is 2. The molecule has 3 heterocycles. The zero-order valence-corrected chi connectivity index (χ0v) is 14.9. The maximum atomic E-state index is 12.3. The van der Waals surface area contributed by atoms with Crippen molar-refractivity contribution in [2.75, 3.05) is 26.2 Å².